The normalized spacial score (nSPS) is 10.8. The van der Waals surface area contributed by atoms with Gasteiger partial charge in [-0.2, -0.15) is 4.68 Å². The smallest absolute Gasteiger partial charge is 0.329 e. The maximum absolute atomic E-state index is 11.3. The summed E-state index contributed by atoms with van der Waals surface area (Å²) in [6.07, 6.45) is 3.00. The van der Waals surface area contributed by atoms with E-state index in [4.69, 9.17) is 0 Å². The molecule has 2 heterocycles. The molecule has 0 saturated carbocycles. The first-order chi connectivity index (χ1) is 7.84. The van der Waals surface area contributed by atoms with Crippen LogP contribution in [0, 0.1) is 5.21 Å². The van der Waals surface area contributed by atoms with Crippen LogP contribution in [0.15, 0.2) is 48.9 Å². The third kappa shape index (κ3) is 1.30. The van der Waals surface area contributed by atoms with E-state index >= 15 is 0 Å². The maximum atomic E-state index is 11.3. The van der Waals surface area contributed by atoms with Gasteiger partial charge in [-0.1, -0.05) is 18.2 Å². The molecule has 0 aliphatic carbocycles. The summed E-state index contributed by atoms with van der Waals surface area (Å²) < 4.78 is 2.31. The Morgan fingerprint density at radius 1 is 1.12 bits per heavy atom. The van der Waals surface area contributed by atoms with Crippen molar-refractivity contribution in [3.05, 3.63) is 54.1 Å². The average Bonchev–Trinajstić information content (AvgIpc) is 2.72. The second-order valence-electron chi connectivity index (χ2n) is 3.38. The van der Waals surface area contributed by atoms with Crippen molar-refractivity contribution >= 4 is 0 Å². The molecule has 0 atom stereocenters. The molecule has 5 nitrogen and oxygen atoms in total. The highest BCUT2D eigenvalue weighted by atomic mass is 16.5. The van der Waals surface area contributed by atoms with E-state index < -0.39 is 0 Å². The lowest BCUT2D eigenvalue weighted by Crippen LogP contribution is -2.26. The number of hydrogen-bond donors (Lipinski definition) is 0. The minimum Gasteiger partial charge on any atom is -0.740 e. The number of aromatic nitrogens is 4. The fourth-order valence-electron chi connectivity index (χ4n) is 1.55. The summed E-state index contributed by atoms with van der Waals surface area (Å²) >= 11 is 0. The first kappa shape index (κ1) is 8.84. The Morgan fingerprint density at radius 2 is 1.94 bits per heavy atom. The van der Waals surface area contributed by atoms with Crippen LogP contribution in [0.4, 0.5) is 0 Å². The number of fused-ring (bicyclic) bond motifs is 1. The van der Waals surface area contributed by atoms with Crippen LogP contribution in [-0.2, 0) is 0 Å². The Balaban J connectivity index is 2.19. The lowest BCUT2D eigenvalue weighted by molar-refractivity contribution is -0.595. The van der Waals surface area contributed by atoms with Gasteiger partial charge in [0.1, 0.15) is 0 Å². The number of rotatable bonds is 1. The van der Waals surface area contributed by atoms with Gasteiger partial charge in [-0.3, -0.25) is 0 Å². The Morgan fingerprint density at radius 3 is 2.75 bits per heavy atom. The predicted molar refractivity (Wildman–Crippen MR) is 56.9 cm³/mol. The van der Waals surface area contributed by atoms with Crippen LogP contribution in [0.3, 0.4) is 0 Å². The minimum absolute atomic E-state index is 0.325. The van der Waals surface area contributed by atoms with Crippen LogP contribution in [0.1, 0.15) is 0 Å². The molecule has 0 radical (unpaired) electrons. The van der Waals surface area contributed by atoms with E-state index in [2.05, 4.69) is 10.1 Å². The van der Waals surface area contributed by atoms with Crippen molar-refractivity contribution in [1.29, 1.82) is 0 Å². The molecule has 5 heteroatoms. The van der Waals surface area contributed by atoms with Crippen molar-refractivity contribution in [3.8, 4) is 17.2 Å². The molecule has 1 aromatic carbocycles. The first-order valence-electron chi connectivity index (χ1n) is 4.83. The number of benzene rings is 1. The highest BCUT2D eigenvalue weighted by Gasteiger charge is 2.18. The quantitative estimate of drug-likeness (QED) is 0.446. The molecule has 0 bridgehead atoms. The van der Waals surface area contributed by atoms with Gasteiger partial charge >= 0.3 is 5.82 Å². The Kier molecular flexibility index (Phi) is 1.83. The summed E-state index contributed by atoms with van der Waals surface area (Å²) in [5.41, 5.74) is 1.51. The molecule has 2 aliphatic rings. The van der Waals surface area contributed by atoms with Crippen molar-refractivity contribution < 1.29 is 4.73 Å². The second-order valence-corrected chi connectivity index (χ2v) is 3.38. The zero-order chi connectivity index (χ0) is 11.0. The van der Waals surface area contributed by atoms with Crippen LogP contribution in [0.2, 0.25) is 0 Å². The summed E-state index contributed by atoms with van der Waals surface area (Å²) in [6, 6.07) is 11.4. The Hall–Kier alpha value is -2.43. The van der Waals surface area contributed by atoms with E-state index in [-0.39, 0.29) is 0 Å². The van der Waals surface area contributed by atoms with Gasteiger partial charge < -0.3 is 5.21 Å². The lowest BCUT2D eigenvalue weighted by Gasteiger charge is -2.03. The van der Waals surface area contributed by atoms with Crippen LogP contribution < -0.4 is 4.73 Å². The number of hydrogen-bond acceptors (Lipinski definition) is 3. The maximum Gasteiger partial charge on any atom is 0.329 e. The predicted octanol–water partition coefficient (Wildman–Crippen LogP) is 1.01. The lowest BCUT2D eigenvalue weighted by atomic mass is 10.3. The van der Waals surface area contributed by atoms with Crippen molar-refractivity contribution in [1.82, 2.24) is 14.8 Å². The van der Waals surface area contributed by atoms with Gasteiger partial charge in [0.15, 0.2) is 0 Å². The number of para-hydroxylation sites is 1. The fraction of sp³-hybridized carbons (Fsp3) is 0. The molecule has 0 fully saturated rings. The highest BCUT2D eigenvalue weighted by Crippen LogP contribution is 2.13. The van der Waals surface area contributed by atoms with E-state index in [0.29, 0.717) is 16.2 Å². The van der Waals surface area contributed by atoms with E-state index in [1.807, 2.05) is 30.3 Å². The molecule has 0 N–H and O–H groups in total. The van der Waals surface area contributed by atoms with Gasteiger partial charge in [0.25, 0.3) is 0 Å². The summed E-state index contributed by atoms with van der Waals surface area (Å²) in [4.78, 5) is 3.93. The Bertz CT molecular complexity index is 590. The van der Waals surface area contributed by atoms with Crippen molar-refractivity contribution in [2.75, 3.05) is 0 Å². The summed E-state index contributed by atoms with van der Waals surface area (Å²) in [5, 5.41) is 15.6. The third-order valence-corrected chi connectivity index (χ3v) is 2.34. The molecule has 2 aliphatic heterocycles. The van der Waals surface area contributed by atoms with Crippen LogP contribution >= 0.6 is 0 Å². The van der Waals surface area contributed by atoms with Gasteiger partial charge in [0.05, 0.1) is 5.69 Å². The van der Waals surface area contributed by atoms with E-state index in [1.54, 1.807) is 16.9 Å². The molecule has 0 spiro atoms. The molecular weight excluding hydrogens is 204 g/mol. The summed E-state index contributed by atoms with van der Waals surface area (Å²) in [7, 11) is 0. The average molecular weight is 212 g/mol. The Labute approximate surface area is 91.5 Å². The molecule has 78 valence electrons. The topological polar surface area (TPSA) is 57.6 Å². The zero-order valence-corrected chi connectivity index (χ0v) is 8.32. The number of imidazole rings is 1. The molecule has 0 aromatic heterocycles. The summed E-state index contributed by atoms with van der Waals surface area (Å²) in [6.45, 7) is 0. The fourth-order valence-corrected chi connectivity index (χ4v) is 1.55. The van der Waals surface area contributed by atoms with Crippen molar-refractivity contribution in [2.24, 2.45) is 0 Å². The highest BCUT2D eigenvalue weighted by molar-refractivity contribution is 5.46. The molecule has 0 amide bonds. The van der Waals surface area contributed by atoms with Gasteiger partial charge in [-0.15, -0.1) is 4.98 Å². The van der Waals surface area contributed by atoms with E-state index in [0.717, 1.165) is 5.69 Å². The van der Waals surface area contributed by atoms with Crippen LogP contribution in [0.25, 0.3) is 17.2 Å². The van der Waals surface area contributed by atoms with Crippen LogP contribution in [-0.4, -0.2) is 14.8 Å². The summed E-state index contributed by atoms with van der Waals surface area (Å²) in [5.74, 6) is 0.325. The SMILES string of the molecule is [O-][n+]1cnc2ccn(-c3ccccc3)nc1-2. The van der Waals surface area contributed by atoms with Gasteiger partial charge in [0, 0.05) is 12.3 Å². The third-order valence-electron chi connectivity index (χ3n) is 2.34. The van der Waals surface area contributed by atoms with Gasteiger partial charge in [0.2, 0.25) is 12.0 Å². The number of nitrogens with zero attached hydrogens (tertiary/aromatic N) is 4. The minimum atomic E-state index is 0.325. The molecule has 1 aromatic rings. The molecule has 0 unspecified atom stereocenters. The van der Waals surface area contributed by atoms with Crippen LogP contribution in [0.5, 0.6) is 0 Å². The second kappa shape index (κ2) is 3.30. The molecule has 16 heavy (non-hydrogen) atoms. The molecular formula is C11H8N4O. The van der Waals surface area contributed by atoms with Crippen molar-refractivity contribution in [3.63, 3.8) is 0 Å². The first-order valence-corrected chi connectivity index (χ1v) is 4.83. The van der Waals surface area contributed by atoms with Gasteiger partial charge in [-0.25, -0.2) is 4.73 Å². The standard InChI is InChI=1S/C11H8N4O/c16-15-8-12-10-6-7-14(13-11(10)15)9-4-2-1-3-5-9/h1-8H. The van der Waals surface area contributed by atoms with Crippen molar-refractivity contribution in [2.45, 2.75) is 0 Å². The van der Waals surface area contributed by atoms with E-state index in [9.17, 15) is 5.21 Å². The largest absolute Gasteiger partial charge is 0.740 e. The zero-order valence-electron chi connectivity index (χ0n) is 8.32. The molecule has 3 rings (SSSR count). The van der Waals surface area contributed by atoms with E-state index in [1.165, 1.54) is 6.33 Å². The monoisotopic (exact) mass is 212 g/mol. The molecule has 0 saturated heterocycles. The van der Waals surface area contributed by atoms with Gasteiger partial charge in [-0.05, 0) is 17.2 Å².